The van der Waals surface area contributed by atoms with Crippen molar-refractivity contribution in [2.45, 2.75) is 26.3 Å². The Morgan fingerprint density at radius 3 is 2.56 bits per heavy atom. The minimum atomic E-state index is -3.42. The molecule has 6 nitrogen and oxygen atoms in total. The van der Waals surface area contributed by atoms with Crippen molar-refractivity contribution in [2.75, 3.05) is 26.0 Å². The molecular formula is C11H21NO5S. The lowest BCUT2D eigenvalue weighted by atomic mass is 10.1. The van der Waals surface area contributed by atoms with Gasteiger partial charge in [-0.2, -0.15) is 4.31 Å². The topological polar surface area (TPSA) is 83.9 Å². The Hall–Kier alpha value is -0.660. The highest BCUT2D eigenvalue weighted by Gasteiger charge is 2.40. The molecule has 0 aromatic carbocycles. The van der Waals surface area contributed by atoms with Crippen molar-refractivity contribution < 1.29 is 23.1 Å². The minimum absolute atomic E-state index is 0.0456. The Labute approximate surface area is 108 Å². The third kappa shape index (κ3) is 3.66. The highest BCUT2D eigenvalue weighted by atomic mass is 32.2. The molecule has 1 heterocycles. The van der Waals surface area contributed by atoms with Gasteiger partial charge in [-0.1, -0.05) is 13.8 Å². The molecule has 0 aromatic rings. The first-order chi connectivity index (χ1) is 8.25. The van der Waals surface area contributed by atoms with Crippen LogP contribution in [-0.4, -0.2) is 55.9 Å². The van der Waals surface area contributed by atoms with Gasteiger partial charge in [0.15, 0.2) is 0 Å². The van der Waals surface area contributed by atoms with E-state index in [2.05, 4.69) is 0 Å². The third-order valence-electron chi connectivity index (χ3n) is 3.23. The van der Waals surface area contributed by atoms with Crippen molar-refractivity contribution >= 4 is 16.0 Å². The lowest BCUT2D eigenvalue weighted by Gasteiger charge is -2.25. The number of carboxylic acids is 1. The smallest absolute Gasteiger partial charge is 0.310 e. The fraction of sp³-hybridized carbons (Fsp3) is 0.909. The Bertz CT molecular complexity index is 392. The standard InChI is InChI=1S/C11H21NO5S/c1-8(2)4-5-18(15,16)12(3)10-7-17-6-9(10)11(13)14/h8-10H,4-7H2,1-3H3,(H,13,14). The first-order valence-electron chi connectivity index (χ1n) is 6.02. The van der Waals surface area contributed by atoms with E-state index in [1.54, 1.807) is 0 Å². The van der Waals surface area contributed by atoms with Gasteiger partial charge in [-0.15, -0.1) is 0 Å². The number of aliphatic carboxylic acids is 1. The number of nitrogens with zero attached hydrogens (tertiary/aromatic N) is 1. The van der Waals surface area contributed by atoms with E-state index in [0.717, 1.165) is 0 Å². The summed E-state index contributed by atoms with van der Waals surface area (Å²) in [4.78, 5) is 11.0. The van der Waals surface area contributed by atoms with Gasteiger partial charge < -0.3 is 9.84 Å². The Morgan fingerprint density at radius 2 is 2.06 bits per heavy atom. The molecule has 1 aliphatic rings. The van der Waals surface area contributed by atoms with Crippen molar-refractivity contribution in [3.63, 3.8) is 0 Å². The Kier molecular flexibility index (Phi) is 5.12. The van der Waals surface area contributed by atoms with E-state index in [1.165, 1.54) is 11.4 Å². The zero-order valence-electron chi connectivity index (χ0n) is 11.0. The molecule has 0 aliphatic carbocycles. The van der Waals surface area contributed by atoms with Gasteiger partial charge >= 0.3 is 5.97 Å². The van der Waals surface area contributed by atoms with Crippen LogP contribution in [0.25, 0.3) is 0 Å². The lowest BCUT2D eigenvalue weighted by Crippen LogP contribution is -2.45. The number of hydrogen-bond donors (Lipinski definition) is 1. The van der Waals surface area contributed by atoms with Crippen LogP contribution in [-0.2, 0) is 19.6 Å². The summed E-state index contributed by atoms with van der Waals surface area (Å²) in [6, 6.07) is -0.598. The number of carbonyl (C=O) groups is 1. The SMILES string of the molecule is CC(C)CCS(=O)(=O)N(C)C1COCC1C(=O)O. The average Bonchev–Trinajstić information content (AvgIpc) is 2.74. The predicted octanol–water partition coefficient (Wildman–Crippen LogP) is 0.394. The molecule has 2 atom stereocenters. The summed E-state index contributed by atoms with van der Waals surface area (Å²) in [6.07, 6.45) is 0.567. The van der Waals surface area contributed by atoms with E-state index in [-0.39, 0.29) is 19.0 Å². The monoisotopic (exact) mass is 279 g/mol. The minimum Gasteiger partial charge on any atom is -0.481 e. The van der Waals surface area contributed by atoms with E-state index in [1.807, 2.05) is 13.8 Å². The van der Waals surface area contributed by atoms with E-state index in [0.29, 0.717) is 12.3 Å². The van der Waals surface area contributed by atoms with E-state index < -0.39 is 28.0 Å². The second kappa shape index (κ2) is 5.99. The molecule has 0 aromatic heterocycles. The first-order valence-corrected chi connectivity index (χ1v) is 7.63. The van der Waals surface area contributed by atoms with E-state index in [9.17, 15) is 13.2 Å². The van der Waals surface area contributed by atoms with Crippen molar-refractivity contribution in [3.05, 3.63) is 0 Å². The molecule has 0 radical (unpaired) electrons. The summed E-state index contributed by atoms with van der Waals surface area (Å²) in [5, 5.41) is 9.01. The number of hydrogen-bond acceptors (Lipinski definition) is 4. The first kappa shape index (κ1) is 15.4. The van der Waals surface area contributed by atoms with Crippen molar-refractivity contribution in [3.8, 4) is 0 Å². The van der Waals surface area contributed by atoms with Crippen LogP contribution < -0.4 is 0 Å². The second-order valence-electron chi connectivity index (χ2n) is 5.06. The van der Waals surface area contributed by atoms with Crippen LogP contribution in [0.5, 0.6) is 0 Å². The summed E-state index contributed by atoms with van der Waals surface area (Å²) in [6.45, 7) is 4.13. The molecule has 7 heteroatoms. The van der Waals surface area contributed by atoms with Crippen LogP contribution in [0.15, 0.2) is 0 Å². The highest BCUT2D eigenvalue weighted by molar-refractivity contribution is 7.89. The van der Waals surface area contributed by atoms with Crippen LogP contribution in [0, 0.1) is 11.8 Å². The molecule has 106 valence electrons. The van der Waals surface area contributed by atoms with Gasteiger partial charge in [-0.3, -0.25) is 4.79 Å². The Morgan fingerprint density at radius 1 is 1.44 bits per heavy atom. The highest BCUT2D eigenvalue weighted by Crippen LogP contribution is 2.22. The van der Waals surface area contributed by atoms with Crippen LogP contribution >= 0.6 is 0 Å². The molecule has 0 amide bonds. The largest absolute Gasteiger partial charge is 0.481 e. The van der Waals surface area contributed by atoms with Gasteiger partial charge in [0, 0.05) is 7.05 Å². The predicted molar refractivity (Wildman–Crippen MR) is 66.7 cm³/mol. The number of rotatable bonds is 6. The maximum Gasteiger partial charge on any atom is 0.310 e. The zero-order chi connectivity index (χ0) is 13.9. The molecule has 1 fully saturated rings. The molecule has 0 bridgehead atoms. The summed E-state index contributed by atoms with van der Waals surface area (Å²) in [5.41, 5.74) is 0. The van der Waals surface area contributed by atoms with Crippen LogP contribution in [0.3, 0.4) is 0 Å². The fourth-order valence-corrected chi connectivity index (χ4v) is 3.55. The Balaban J connectivity index is 2.73. The summed E-state index contributed by atoms with van der Waals surface area (Å²) in [7, 11) is -1.98. The fourth-order valence-electron chi connectivity index (χ4n) is 1.87. The molecule has 1 aliphatic heterocycles. The molecule has 0 saturated carbocycles. The lowest BCUT2D eigenvalue weighted by molar-refractivity contribution is -0.142. The third-order valence-corrected chi connectivity index (χ3v) is 5.13. The number of sulfonamides is 1. The van der Waals surface area contributed by atoms with Gasteiger partial charge in [0.2, 0.25) is 10.0 Å². The molecular weight excluding hydrogens is 258 g/mol. The zero-order valence-corrected chi connectivity index (χ0v) is 11.8. The van der Waals surface area contributed by atoms with Crippen LogP contribution in [0.4, 0.5) is 0 Å². The van der Waals surface area contributed by atoms with Gasteiger partial charge in [-0.05, 0) is 12.3 Å². The molecule has 1 N–H and O–H groups in total. The molecule has 0 spiro atoms. The summed E-state index contributed by atoms with van der Waals surface area (Å²) < 4.78 is 30.4. The van der Waals surface area contributed by atoms with Crippen molar-refractivity contribution in [2.24, 2.45) is 11.8 Å². The van der Waals surface area contributed by atoms with Crippen molar-refractivity contribution in [1.29, 1.82) is 0 Å². The van der Waals surface area contributed by atoms with Crippen molar-refractivity contribution in [1.82, 2.24) is 4.31 Å². The maximum atomic E-state index is 12.1. The van der Waals surface area contributed by atoms with Crippen LogP contribution in [0.1, 0.15) is 20.3 Å². The molecule has 1 saturated heterocycles. The number of likely N-dealkylation sites (N-methyl/N-ethyl adjacent to an activating group) is 1. The summed E-state index contributed by atoms with van der Waals surface area (Å²) >= 11 is 0. The van der Waals surface area contributed by atoms with Gasteiger partial charge in [-0.25, -0.2) is 8.42 Å². The number of carboxylic acid groups (broad SMARTS) is 1. The molecule has 2 unspecified atom stereocenters. The quantitative estimate of drug-likeness (QED) is 0.760. The average molecular weight is 279 g/mol. The van der Waals surface area contributed by atoms with E-state index >= 15 is 0 Å². The van der Waals surface area contributed by atoms with Gasteiger partial charge in [0.05, 0.1) is 30.9 Å². The second-order valence-corrected chi connectivity index (χ2v) is 7.21. The van der Waals surface area contributed by atoms with E-state index in [4.69, 9.17) is 9.84 Å². The molecule has 1 rings (SSSR count). The maximum absolute atomic E-state index is 12.1. The normalized spacial score (nSPS) is 24.9. The van der Waals surface area contributed by atoms with Gasteiger partial charge in [0.1, 0.15) is 0 Å². The number of ether oxygens (including phenoxy) is 1. The van der Waals surface area contributed by atoms with Crippen LogP contribution in [0.2, 0.25) is 0 Å². The summed E-state index contributed by atoms with van der Waals surface area (Å²) in [5.74, 6) is -1.44. The van der Waals surface area contributed by atoms with Gasteiger partial charge in [0.25, 0.3) is 0 Å². The molecule has 18 heavy (non-hydrogen) atoms.